The van der Waals surface area contributed by atoms with Gasteiger partial charge in [-0.05, 0) is 30.3 Å². The maximum absolute atomic E-state index is 12.4. The number of amides is 2. The Morgan fingerprint density at radius 3 is 2.50 bits per heavy atom. The minimum atomic E-state index is -0.744. The maximum Gasteiger partial charge on any atom is 0.288 e. The normalized spacial score (nSPS) is 10.5. The second-order valence-electron chi connectivity index (χ2n) is 5.44. The highest BCUT2D eigenvalue weighted by molar-refractivity contribution is 7.21. The Morgan fingerprint density at radius 1 is 1.11 bits per heavy atom. The van der Waals surface area contributed by atoms with E-state index in [9.17, 15) is 19.7 Å². The van der Waals surface area contributed by atoms with E-state index in [1.54, 1.807) is 18.2 Å². The molecule has 0 radical (unpaired) electrons. The monoisotopic (exact) mass is 439 g/mol. The molecule has 2 amide bonds. The Hall–Kier alpha value is -2.88. The van der Waals surface area contributed by atoms with Gasteiger partial charge in [-0.1, -0.05) is 23.2 Å². The standard InChI is InChI=1S/C17H11Cl2N3O5S/c1-27-9-3-4-10-13(7-9)28-15(14(10)19)17(24)21-20-16(23)8-2-5-11(18)12(6-8)22(25)26/h2-7H,1H3,(H,20,23)(H,21,24). The van der Waals surface area contributed by atoms with Gasteiger partial charge in [-0.3, -0.25) is 30.6 Å². The summed E-state index contributed by atoms with van der Waals surface area (Å²) in [6.07, 6.45) is 0. The van der Waals surface area contributed by atoms with Crippen LogP contribution >= 0.6 is 34.5 Å². The number of carbonyl (C=O) groups excluding carboxylic acids is 2. The van der Waals surface area contributed by atoms with Gasteiger partial charge in [0.1, 0.15) is 15.6 Å². The van der Waals surface area contributed by atoms with E-state index in [0.29, 0.717) is 11.1 Å². The van der Waals surface area contributed by atoms with E-state index >= 15 is 0 Å². The van der Waals surface area contributed by atoms with Crippen molar-refractivity contribution < 1.29 is 19.2 Å². The fraction of sp³-hybridized carbons (Fsp3) is 0.0588. The molecule has 0 saturated heterocycles. The first-order chi connectivity index (χ1) is 13.3. The molecule has 0 aliphatic rings. The first-order valence-corrected chi connectivity index (χ1v) is 9.19. The molecule has 3 rings (SSSR count). The summed E-state index contributed by atoms with van der Waals surface area (Å²) in [5.74, 6) is -0.746. The van der Waals surface area contributed by atoms with E-state index < -0.39 is 22.4 Å². The molecule has 0 unspecified atom stereocenters. The number of rotatable bonds is 4. The number of ether oxygens (including phenoxy) is 1. The molecule has 8 nitrogen and oxygen atoms in total. The average molecular weight is 440 g/mol. The maximum atomic E-state index is 12.4. The average Bonchev–Trinajstić information content (AvgIpc) is 3.01. The minimum Gasteiger partial charge on any atom is -0.497 e. The number of nitrogens with zero attached hydrogens (tertiary/aromatic N) is 1. The van der Waals surface area contributed by atoms with Crippen LogP contribution in [-0.2, 0) is 0 Å². The van der Waals surface area contributed by atoms with Gasteiger partial charge in [-0.2, -0.15) is 0 Å². The van der Waals surface area contributed by atoms with Crippen molar-refractivity contribution in [3.05, 3.63) is 67.0 Å². The number of halogens is 2. The molecule has 0 saturated carbocycles. The summed E-state index contributed by atoms with van der Waals surface area (Å²) < 4.78 is 5.89. The lowest BCUT2D eigenvalue weighted by Crippen LogP contribution is -2.41. The molecule has 2 aromatic carbocycles. The van der Waals surface area contributed by atoms with Gasteiger partial charge in [-0.15, -0.1) is 11.3 Å². The van der Waals surface area contributed by atoms with Crippen molar-refractivity contribution in [1.82, 2.24) is 10.9 Å². The van der Waals surface area contributed by atoms with E-state index in [4.69, 9.17) is 27.9 Å². The second-order valence-corrected chi connectivity index (χ2v) is 7.28. The lowest BCUT2D eigenvalue weighted by Gasteiger charge is -2.07. The predicted octanol–water partition coefficient (Wildman–Crippen LogP) is 4.20. The van der Waals surface area contributed by atoms with Crippen molar-refractivity contribution in [3.8, 4) is 5.75 Å². The zero-order chi connectivity index (χ0) is 20.4. The Morgan fingerprint density at radius 2 is 1.82 bits per heavy atom. The summed E-state index contributed by atoms with van der Waals surface area (Å²) >= 11 is 13.1. The highest BCUT2D eigenvalue weighted by Gasteiger charge is 2.20. The van der Waals surface area contributed by atoms with E-state index in [1.165, 1.54) is 19.2 Å². The van der Waals surface area contributed by atoms with Crippen molar-refractivity contribution in [2.75, 3.05) is 7.11 Å². The van der Waals surface area contributed by atoms with Gasteiger partial charge in [0.25, 0.3) is 17.5 Å². The zero-order valence-corrected chi connectivity index (χ0v) is 16.4. The van der Waals surface area contributed by atoms with Gasteiger partial charge < -0.3 is 4.74 Å². The van der Waals surface area contributed by atoms with Crippen molar-refractivity contribution in [1.29, 1.82) is 0 Å². The third-order valence-electron chi connectivity index (χ3n) is 3.74. The van der Waals surface area contributed by atoms with Gasteiger partial charge in [0.2, 0.25) is 0 Å². The lowest BCUT2D eigenvalue weighted by molar-refractivity contribution is -0.384. The largest absolute Gasteiger partial charge is 0.497 e. The summed E-state index contributed by atoms with van der Waals surface area (Å²) in [7, 11) is 1.53. The minimum absolute atomic E-state index is 0.0384. The quantitative estimate of drug-likeness (QED) is 0.467. The van der Waals surface area contributed by atoms with Crippen LogP contribution in [0, 0.1) is 10.1 Å². The van der Waals surface area contributed by atoms with Gasteiger partial charge in [0.05, 0.1) is 17.1 Å². The summed E-state index contributed by atoms with van der Waals surface area (Å²) in [6, 6.07) is 8.74. The molecular weight excluding hydrogens is 429 g/mol. The molecule has 2 N–H and O–H groups in total. The third kappa shape index (κ3) is 3.86. The second kappa shape index (κ2) is 8.01. The number of nitrogens with one attached hydrogen (secondary N) is 2. The zero-order valence-electron chi connectivity index (χ0n) is 14.1. The Bertz CT molecular complexity index is 1120. The van der Waals surface area contributed by atoms with Crippen LogP contribution in [0.25, 0.3) is 10.1 Å². The summed E-state index contributed by atoms with van der Waals surface area (Å²) in [6.45, 7) is 0. The number of nitro benzene ring substituents is 1. The molecule has 0 atom stereocenters. The van der Waals surface area contributed by atoms with E-state index in [2.05, 4.69) is 10.9 Å². The predicted molar refractivity (Wildman–Crippen MR) is 106 cm³/mol. The number of carbonyl (C=O) groups is 2. The number of fused-ring (bicyclic) bond motifs is 1. The number of methoxy groups -OCH3 is 1. The number of thiophene rings is 1. The highest BCUT2D eigenvalue weighted by atomic mass is 35.5. The molecule has 0 aliphatic carbocycles. The first kappa shape index (κ1) is 19.9. The molecule has 0 bridgehead atoms. The number of hydrogen-bond acceptors (Lipinski definition) is 6. The highest BCUT2D eigenvalue weighted by Crippen LogP contribution is 2.37. The topological polar surface area (TPSA) is 111 Å². The van der Waals surface area contributed by atoms with E-state index in [1.807, 2.05) is 0 Å². The van der Waals surface area contributed by atoms with Crippen LogP contribution in [0.4, 0.5) is 5.69 Å². The third-order valence-corrected chi connectivity index (χ3v) is 5.71. The first-order valence-electron chi connectivity index (χ1n) is 7.62. The van der Waals surface area contributed by atoms with Gasteiger partial charge in [0.15, 0.2) is 0 Å². The fourth-order valence-corrected chi connectivity index (χ4v) is 3.98. The Labute approximate surface area is 172 Å². The van der Waals surface area contributed by atoms with Crippen LogP contribution < -0.4 is 15.6 Å². The van der Waals surface area contributed by atoms with E-state index in [-0.39, 0.29) is 20.5 Å². The molecule has 0 fully saturated rings. The van der Waals surface area contributed by atoms with Crippen molar-refractivity contribution in [2.45, 2.75) is 0 Å². The summed E-state index contributed by atoms with van der Waals surface area (Å²) in [5.41, 5.74) is 3.99. The molecule has 28 heavy (non-hydrogen) atoms. The Balaban J connectivity index is 1.76. The summed E-state index contributed by atoms with van der Waals surface area (Å²) in [5, 5.41) is 11.7. The molecule has 144 valence electrons. The number of hydrogen-bond donors (Lipinski definition) is 2. The van der Waals surface area contributed by atoms with Crippen LogP contribution in [0.3, 0.4) is 0 Å². The lowest BCUT2D eigenvalue weighted by atomic mass is 10.2. The SMILES string of the molecule is COc1ccc2c(Cl)c(C(=O)NNC(=O)c3ccc(Cl)c([N+](=O)[O-])c3)sc2c1. The molecule has 3 aromatic rings. The van der Waals surface area contributed by atoms with Crippen LogP contribution in [0.15, 0.2) is 36.4 Å². The van der Waals surface area contributed by atoms with Crippen molar-refractivity contribution >= 4 is 62.1 Å². The molecule has 0 aliphatic heterocycles. The molecule has 1 heterocycles. The number of hydrazine groups is 1. The Kier molecular flexibility index (Phi) is 5.68. The number of benzene rings is 2. The van der Waals surface area contributed by atoms with Crippen LogP contribution in [0.5, 0.6) is 5.75 Å². The number of nitro groups is 1. The smallest absolute Gasteiger partial charge is 0.288 e. The fourth-order valence-electron chi connectivity index (χ4n) is 2.35. The van der Waals surface area contributed by atoms with E-state index in [0.717, 1.165) is 22.1 Å². The molecule has 11 heteroatoms. The van der Waals surface area contributed by atoms with Crippen LogP contribution in [-0.4, -0.2) is 23.8 Å². The van der Waals surface area contributed by atoms with Crippen molar-refractivity contribution in [3.63, 3.8) is 0 Å². The van der Waals surface area contributed by atoms with Crippen LogP contribution in [0.1, 0.15) is 20.0 Å². The van der Waals surface area contributed by atoms with Crippen molar-refractivity contribution in [2.24, 2.45) is 0 Å². The molecule has 1 aromatic heterocycles. The summed E-state index contributed by atoms with van der Waals surface area (Å²) in [4.78, 5) is 35.0. The molecule has 0 spiro atoms. The molecular formula is C17H11Cl2N3O5S. The van der Waals surface area contributed by atoms with Gasteiger partial charge in [0, 0.05) is 21.7 Å². The van der Waals surface area contributed by atoms with Gasteiger partial charge >= 0.3 is 0 Å². The van der Waals surface area contributed by atoms with Gasteiger partial charge in [-0.25, -0.2) is 0 Å². The van der Waals surface area contributed by atoms with Crippen LogP contribution in [0.2, 0.25) is 10.0 Å².